The number of carboxylic acid groups (broad SMARTS) is 1. The quantitative estimate of drug-likeness (QED) is 0.626. The van der Waals surface area contributed by atoms with Gasteiger partial charge in [-0.25, -0.2) is 0 Å². The first kappa shape index (κ1) is 9.52. The van der Waals surface area contributed by atoms with Crippen LogP contribution in [0.15, 0.2) is 0 Å². The highest BCUT2D eigenvalue weighted by molar-refractivity contribution is 5.74. The second kappa shape index (κ2) is 2.73. The van der Waals surface area contributed by atoms with Gasteiger partial charge < -0.3 is 10.8 Å². The van der Waals surface area contributed by atoms with E-state index >= 15 is 0 Å². The van der Waals surface area contributed by atoms with Gasteiger partial charge in [0.15, 0.2) is 0 Å². The monoisotopic (exact) mass is 171 g/mol. The number of rotatable bonds is 1. The van der Waals surface area contributed by atoms with E-state index in [2.05, 4.69) is 0 Å². The lowest BCUT2D eigenvalue weighted by Gasteiger charge is -2.38. The maximum atomic E-state index is 10.8. The molecule has 1 aliphatic carbocycles. The smallest absolute Gasteiger partial charge is 0.309 e. The summed E-state index contributed by atoms with van der Waals surface area (Å²) in [5.74, 6) is -0.682. The van der Waals surface area contributed by atoms with Crippen LogP contribution in [0.1, 0.15) is 39.5 Å². The number of hydrogen-bond acceptors (Lipinski definition) is 2. The molecular weight excluding hydrogens is 154 g/mol. The minimum absolute atomic E-state index is 0.144. The lowest BCUT2D eigenvalue weighted by molar-refractivity contribution is -0.150. The molecule has 3 heteroatoms. The molecule has 3 nitrogen and oxygen atoms in total. The molecule has 0 aromatic rings. The average Bonchev–Trinajstić information content (AvgIpc) is 1.96. The summed E-state index contributed by atoms with van der Waals surface area (Å²) >= 11 is 0. The second-order valence-corrected chi connectivity index (χ2v) is 4.52. The Morgan fingerprint density at radius 2 is 1.67 bits per heavy atom. The maximum Gasteiger partial charge on any atom is 0.309 e. The van der Waals surface area contributed by atoms with Crippen molar-refractivity contribution in [2.75, 3.05) is 0 Å². The molecule has 70 valence electrons. The highest BCUT2D eigenvalue weighted by Gasteiger charge is 2.40. The van der Waals surface area contributed by atoms with Gasteiger partial charge in [-0.05, 0) is 39.5 Å². The lowest BCUT2D eigenvalue weighted by Crippen LogP contribution is -2.45. The number of hydrogen-bond donors (Lipinski definition) is 2. The summed E-state index contributed by atoms with van der Waals surface area (Å²) in [6, 6.07) is 0. The van der Waals surface area contributed by atoms with Gasteiger partial charge >= 0.3 is 5.97 Å². The summed E-state index contributed by atoms with van der Waals surface area (Å²) in [6.07, 6.45) is 3.04. The van der Waals surface area contributed by atoms with Crippen LogP contribution in [0.2, 0.25) is 0 Å². The van der Waals surface area contributed by atoms with E-state index in [0.717, 1.165) is 12.8 Å². The van der Waals surface area contributed by atoms with Crippen LogP contribution in [0.3, 0.4) is 0 Å². The summed E-state index contributed by atoms with van der Waals surface area (Å²) < 4.78 is 0. The van der Waals surface area contributed by atoms with Crippen LogP contribution >= 0.6 is 0 Å². The Hall–Kier alpha value is -0.570. The first-order chi connectivity index (χ1) is 5.36. The Morgan fingerprint density at radius 1 is 1.25 bits per heavy atom. The summed E-state index contributed by atoms with van der Waals surface area (Å²) in [7, 11) is 0. The molecule has 1 aliphatic rings. The van der Waals surface area contributed by atoms with Crippen molar-refractivity contribution in [2.45, 2.75) is 45.1 Å². The zero-order chi connectivity index (χ0) is 9.41. The predicted octanol–water partition coefficient (Wildman–Crippen LogP) is 1.37. The summed E-state index contributed by atoms with van der Waals surface area (Å²) in [5.41, 5.74) is 5.23. The van der Waals surface area contributed by atoms with Gasteiger partial charge in [-0.1, -0.05) is 0 Å². The third-order valence-electron chi connectivity index (χ3n) is 3.01. The Kier molecular flexibility index (Phi) is 2.17. The van der Waals surface area contributed by atoms with Crippen LogP contribution in [0.25, 0.3) is 0 Å². The molecule has 0 heterocycles. The zero-order valence-electron chi connectivity index (χ0n) is 7.76. The molecule has 0 radical (unpaired) electrons. The van der Waals surface area contributed by atoms with Gasteiger partial charge in [-0.2, -0.15) is 0 Å². The molecule has 0 spiro atoms. The van der Waals surface area contributed by atoms with Crippen molar-refractivity contribution < 1.29 is 9.90 Å². The van der Waals surface area contributed by atoms with Gasteiger partial charge in [0.05, 0.1) is 5.41 Å². The minimum Gasteiger partial charge on any atom is -0.481 e. The second-order valence-electron chi connectivity index (χ2n) is 4.52. The first-order valence-electron chi connectivity index (χ1n) is 4.38. The fourth-order valence-electron chi connectivity index (χ4n) is 1.59. The number of aliphatic carboxylic acids is 1. The van der Waals surface area contributed by atoms with E-state index in [1.165, 1.54) is 0 Å². The molecule has 1 fully saturated rings. The molecule has 0 saturated heterocycles. The first-order valence-corrected chi connectivity index (χ1v) is 4.38. The minimum atomic E-state index is -0.682. The van der Waals surface area contributed by atoms with E-state index < -0.39 is 11.4 Å². The molecule has 12 heavy (non-hydrogen) atoms. The van der Waals surface area contributed by atoms with Crippen molar-refractivity contribution in [1.82, 2.24) is 0 Å². The van der Waals surface area contributed by atoms with Crippen molar-refractivity contribution in [3.63, 3.8) is 0 Å². The lowest BCUT2D eigenvalue weighted by atomic mass is 9.69. The Morgan fingerprint density at radius 3 is 2.00 bits per heavy atom. The van der Waals surface area contributed by atoms with Crippen molar-refractivity contribution in [1.29, 1.82) is 0 Å². The number of nitrogens with two attached hydrogens (primary N) is 1. The van der Waals surface area contributed by atoms with Gasteiger partial charge in [0.2, 0.25) is 0 Å². The highest BCUT2D eigenvalue weighted by Crippen LogP contribution is 2.39. The van der Waals surface area contributed by atoms with E-state index in [9.17, 15) is 4.79 Å². The molecule has 0 aliphatic heterocycles. The largest absolute Gasteiger partial charge is 0.481 e. The van der Waals surface area contributed by atoms with E-state index in [4.69, 9.17) is 10.8 Å². The summed E-state index contributed by atoms with van der Waals surface area (Å²) in [5, 5.41) is 8.93. The van der Waals surface area contributed by atoms with Gasteiger partial charge in [-0.15, -0.1) is 0 Å². The maximum absolute atomic E-state index is 10.8. The van der Waals surface area contributed by atoms with Crippen molar-refractivity contribution in [2.24, 2.45) is 11.1 Å². The fraction of sp³-hybridized carbons (Fsp3) is 0.889. The third-order valence-corrected chi connectivity index (χ3v) is 3.01. The van der Waals surface area contributed by atoms with Crippen molar-refractivity contribution in [3.05, 3.63) is 0 Å². The van der Waals surface area contributed by atoms with Gasteiger partial charge in [-0.3, -0.25) is 4.79 Å². The average molecular weight is 171 g/mol. The SMILES string of the molecule is CC1(N)CCC(C)(C(=O)O)CC1. The molecule has 0 unspecified atom stereocenters. The summed E-state index contributed by atoms with van der Waals surface area (Å²) in [4.78, 5) is 10.8. The molecule has 1 saturated carbocycles. The molecule has 3 N–H and O–H groups in total. The van der Waals surface area contributed by atoms with Gasteiger partial charge in [0.1, 0.15) is 0 Å². The molecule has 0 aromatic carbocycles. The van der Waals surface area contributed by atoms with Crippen LogP contribution in [-0.4, -0.2) is 16.6 Å². The Labute approximate surface area is 72.9 Å². The van der Waals surface area contributed by atoms with Crippen LogP contribution in [0, 0.1) is 5.41 Å². The van der Waals surface area contributed by atoms with Gasteiger partial charge in [0, 0.05) is 5.54 Å². The molecule has 1 rings (SSSR count). The van der Waals surface area contributed by atoms with E-state index in [1.54, 1.807) is 0 Å². The Balaban J connectivity index is 2.62. The van der Waals surface area contributed by atoms with Crippen LogP contribution in [-0.2, 0) is 4.79 Å². The number of carbonyl (C=O) groups is 1. The molecular formula is C9H17NO2. The summed E-state index contributed by atoms with van der Waals surface area (Å²) in [6.45, 7) is 3.80. The van der Waals surface area contributed by atoms with E-state index in [-0.39, 0.29) is 5.54 Å². The number of carboxylic acids is 1. The zero-order valence-corrected chi connectivity index (χ0v) is 7.76. The van der Waals surface area contributed by atoms with Crippen LogP contribution in [0.5, 0.6) is 0 Å². The Bertz CT molecular complexity index is 189. The third kappa shape index (κ3) is 1.78. The topological polar surface area (TPSA) is 63.3 Å². The van der Waals surface area contributed by atoms with Crippen molar-refractivity contribution in [3.8, 4) is 0 Å². The van der Waals surface area contributed by atoms with Crippen molar-refractivity contribution >= 4 is 5.97 Å². The molecule has 0 bridgehead atoms. The van der Waals surface area contributed by atoms with E-state index in [1.807, 2.05) is 13.8 Å². The standard InChI is InChI=1S/C9H17NO2/c1-8(7(11)12)3-5-9(2,10)6-4-8/h3-6,10H2,1-2H3,(H,11,12). The molecule has 0 aromatic heterocycles. The normalized spacial score (nSPS) is 42.6. The highest BCUT2D eigenvalue weighted by atomic mass is 16.4. The van der Waals surface area contributed by atoms with Crippen LogP contribution in [0.4, 0.5) is 0 Å². The fourth-order valence-corrected chi connectivity index (χ4v) is 1.59. The van der Waals surface area contributed by atoms with E-state index in [0.29, 0.717) is 12.8 Å². The molecule has 0 atom stereocenters. The predicted molar refractivity (Wildman–Crippen MR) is 46.8 cm³/mol. The van der Waals surface area contributed by atoms with Gasteiger partial charge in [0.25, 0.3) is 0 Å². The van der Waals surface area contributed by atoms with Crippen LogP contribution < -0.4 is 5.73 Å². The molecule has 0 amide bonds.